The fourth-order valence-corrected chi connectivity index (χ4v) is 4.20. The molecule has 1 aliphatic carbocycles. The van der Waals surface area contributed by atoms with Crippen LogP contribution in [-0.4, -0.2) is 19.5 Å². The van der Waals surface area contributed by atoms with E-state index in [1.54, 1.807) is 0 Å². The van der Waals surface area contributed by atoms with Crippen LogP contribution < -0.4 is 10.2 Å². The van der Waals surface area contributed by atoms with Gasteiger partial charge in [-0.1, -0.05) is 31.0 Å². The Balaban J connectivity index is 1.47. The molecule has 25 heavy (non-hydrogen) atoms. The van der Waals surface area contributed by atoms with Crippen LogP contribution >= 0.6 is 0 Å². The highest BCUT2D eigenvalue weighted by Crippen LogP contribution is 2.34. The molecular weight excluding hydrogens is 308 g/mol. The summed E-state index contributed by atoms with van der Waals surface area (Å²) in [6.07, 6.45) is 7.56. The number of anilines is 2. The fourth-order valence-electron chi connectivity index (χ4n) is 4.20. The Morgan fingerprint density at radius 2 is 1.80 bits per heavy atom. The van der Waals surface area contributed by atoms with Crippen LogP contribution in [0.15, 0.2) is 42.5 Å². The van der Waals surface area contributed by atoms with Crippen molar-refractivity contribution in [1.29, 1.82) is 0 Å². The summed E-state index contributed by atoms with van der Waals surface area (Å²) in [4.78, 5) is 14.8. The van der Waals surface area contributed by atoms with Crippen molar-refractivity contribution in [2.45, 2.75) is 44.4 Å². The smallest absolute Gasteiger partial charge is 0.255 e. The van der Waals surface area contributed by atoms with Gasteiger partial charge in [0.15, 0.2) is 0 Å². The number of amides is 1. The van der Waals surface area contributed by atoms with Crippen molar-refractivity contribution in [3.8, 4) is 0 Å². The first-order chi connectivity index (χ1) is 12.2. The first-order valence-corrected chi connectivity index (χ1v) is 9.46. The monoisotopic (exact) mass is 334 g/mol. The topological polar surface area (TPSA) is 32.3 Å². The SMILES string of the molecule is CN1CCCc2ccc(NC(=O)c3ccc(C4CCCC4)cc3)cc21. The summed E-state index contributed by atoms with van der Waals surface area (Å²) in [7, 11) is 2.12. The van der Waals surface area contributed by atoms with E-state index in [1.165, 1.54) is 48.9 Å². The third-order valence-corrected chi connectivity index (χ3v) is 5.69. The van der Waals surface area contributed by atoms with Crippen molar-refractivity contribution < 1.29 is 4.79 Å². The van der Waals surface area contributed by atoms with Crippen molar-refractivity contribution in [1.82, 2.24) is 0 Å². The van der Waals surface area contributed by atoms with Gasteiger partial charge in [0.2, 0.25) is 0 Å². The second-order valence-electron chi connectivity index (χ2n) is 7.43. The van der Waals surface area contributed by atoms with Gasteiger partial charge in [-0.25, -0.2) is 0 Å². The van der Waals surface area contributed by atoms with Crippen molar-refractivity contribution in [2.75, 3.05) is 23.8 Å². The average Bonchev–Trinajstić information content (AvgIpc) is 3.17. The lowest BCUT2D eigenvalue weighted by Crippen LogP contribution is -2.24. The van der Waals surface area contributed by atoms with E-state index in [9.17, 15) is 4.79 Å². The number of carbonyl (C=O) groups excluding carboxylic acids is 1. The number of nitrogens with one attached hydrogen (secondary N) is 1. The van der Waals surface area contributed by atoms with Gasteiger partial charge in [-0.2, -0.15) is 0 Å². The molecule has 1 N–H and O–H groups in total. The van der Waals surface area contributed by atoms with Gasteiger partial charge in [0, 0.05) is 30.5 Å². The number of benzene rings is 2. The maximum atomic E-state index is 12.6. The van der Waals surface area contributed by atoms with Crippen LogP contribution in [0.4, 0.5) is 11.4 Å². The predicted octanol–water partition coefficient (Wildman–Crippen LogP) is 4.98. The third kappa shape index (κ3) is 3.41. The van der Waals surface area contributed by atoms with Gasteiger partial charge in [-0.15, -0.1) is 0 Å². The first-order valence-electron chi connectivity index (χ1n) is 9.46. The molecule has 0 bridgehead atoms. The molecule has 0 atom stereocenters. The fraction of sp³-hybridized carbons (Fsp3) is 0.409. The maximum absolute atomic E-state index is 12.6. The number of carbonyl (C=O) groups is 1. The Hall–Kier alpha value is -2.29. The van der Waals surface area contributed by atoms with Crippen molar-refractivity contribution in [3.63, 3.8) is 0 Å². The van der Waals surface area contributed by atoms with Gasteiger partial charge >= 0.3 is 0 Å². The van der Waals surface area contributed by atoms with Crippen LogP contribution in [0.1, 0.15) is 59.5 Å². The first kappa shape index (κ1) is 16.2. The van der Waals surface area contributed by atoms with E-state index < -0.39 is 0 Å². The summed E-state index contributed by atoms with van der Waals surface area (Å²) in [6, 6.07) is 14.4. The third-order valence-electron chi connectivity index (χ3n) is 5.69. The molecule has 1 amide bonds. The van der Waals surface area contributed by atoms with Crippen LogP contribution in [-0.2, 0) is 6.42 Å². The lowest BCUT2D eigenvalue weighted by Gasteiger charge is -2.28. The highest BCUT2D eigenvalue weighted by Gasteiger charge is 2.18. The quantitative estimate of drug-likeness (QED) is 0.858. The van der Waals surface area contributed by atoms with Gasteiger partial charge in [0.1, 0.15) is 0 Å². The van der Waals surface area contributed by atoms with E-state index in [1.807, 2.05) is 18.2 Å². The molecule has 0 spiro atoms. The van der Waals surface area contributed by atoms with Crippen molar-refractivity contribution in [2.24, 2.45) is 0 Å². The molecule has 1 fully saturated rings. The Morgan fingerprint density at radius 1 is 1.04 bits per heavy atom. The van der Waals surface area contributed by atoms with E-state index in [4.69, 9.17) is 0 Å². The Bertz CT molecular complexity index is 760. The highest BCUT2D eigenvalue weighted by atomic mass is 16.1. The summed E-state index contributed by atoms with van der Waals surface area (Å²) in [5, 5.41) is 3.05. The molecule has 0 aromatic heterocycles. The van der Waals surface area contributed by atoms with Crippen molar-refractivity contribution >= 4 is 17.3 Å². The minimum Gasteiger partial charge on any atom is -0.374 e. The number of fused-ring (bicyclic) bond motifs is 1. The predicted molar refractivity (Wildman–Crippen MR) is 104 cm³/mol. The van der Waals surface area contributed by atoms with Crippen molar-refractivity contribution in [3.05, 3.63) is 59.2 Å². The average molecular weight is 334 g/mol. The zero-order valence-electron chi connectivity index (χ0n) is 14.9. The molecule has 2 aromatic rings. The second kappa shape index (κ2) is 6.91. The van der Waals surface area contributed by atoms with Crippen LogP contribution in [0.3, 0.4) is 0 Å². The van der Waals surface area contributed by atoms with Gasteiger partial charge in [-0.05, 0) is 67.0 Å². The lowest BCUT2D eigenvalue weighted by atomic mass is 9.96. The van der Waals surface area contributed by atoms with Gasteiger partial charge < -0.3 is 10.2 Å². The minimum absolute atomic E-state index is 0.0311. The largest absolute Gasteiger partial charge is 0.374 e. The highest BCUT2D eigenvalue weighted by molar-refractivity contribution is 6.04. The van der Waals surface area contributed by atoms with E-state index in [2.05, 4.69) is 41.5 Å². The molecule has 130 valence electrons. The van der Waals surface area contributed by atoms with E-state index in [0.717, 1.165) is 24.2 Å². The van der Waals surface area contributed by atoms with Crippen LogP contribution in [0.25, 0.3) is 0 Å². The van der Waals surface area contributed by atoms with Gasteiger partial charge in [0.25, 0.3) is 5.91 Å². The maximum Gasteiger partial charge on any atom is 0.255 e. The Labute approximate surface area is 150 Å². The minimum atomic E-state index is -0.0311. The zero-order chi connectivity index (χ0) is 17.2. The molecule has 2 aliphatic rings. The second-order valence-corrected chi connectivity index (χ2v) is 7.43. The molecule has 1 aliphatic heterocycles. The van der Waals surface area contributed by atoms with Crippen LogP contribution in [0, 0.1) is 0 Å². The molecule has 2 aromatic carbocycles. The van der Waals surface area contributed by atoms with E-state index in [-0.39, 0.29) is 5.91 Å². The number of hydrogen-bond acceptors (Lipinski definition) is 2. The van der Waals surface area contributed by atoms with Crippen LogP contribution in [0.2, 0.25) is 0 Å². The normalized spacial score (nSPS) is 17.4. The molecule has 0 unspecified atom stereocenters. The molecule has 0 saturated heterocycles. The molecule has 3 nitrogen and oxygen atoms in total. The molecule has 3 heteroatoms. The van der Waals surface area contributed by atoms with Gasteiger partial charge in [-0.3, -0.25) is 4.79 Å². The van der Waals surface area contributed by atoms with E-state index >= 15 is 0 Å². The summed E-state index contributed by atoms with van der Waals surface area (Å²) in [5.41, 5.74) is 5.59. The number of aryl methyl sites for hydroxylation is 1. The Kier molecular flexibility index (Phi) is 4.48. The lowest BCUT2D eigenvalue weighted by molar-refractivity contribution is 0.102. The molecule has 0 radical (unpaired) electrons. The molecule has 1 heterocycles. The summed E-state index contributed by atoms with van der Waals surface area (Å²) >= 11 is 0. The number of hydrogen-bond donors (Lipinski definition) is 1. The van der Waals surface area contributed by atoms with E-state index in [0.29, 0.717) is 5.92 Å². The molecular formula is C22H26N2O. The number of nitrogens with zero attached hydrogens (tertiary/aromatic N) is 1. The summed E-state index contributed by atoms with van der Waals surface area (Å²) < 4.78 is 0. The van der Waals surface area contributed by atoms with Crippen LogP contribution in [0.5, 0.6) is 0 Å². The molecule has 4 rings (SSSR count). The standard InChI is InChI=1S/C22H26N2O/c1-24-14-4-7-18-12-13-20(15-21(18)24)23-22(25)19-10-8-17(9-11-19)16-5-2-3-6-16/h8-13,15-16H,2-7,14H2,1H3,(H,23,25). The Morgan fingerprint density at radius 3 is 2.56 bits per heavy atom. The zero-order valence-corrected chi connectivity index (χ0v) is 14.9. The van der Waals surface area contributed by atoms with Gasteiger partial charge in [0.05, 0.1) is 0 Å². The number of rotatable bonds is 3. The summed E-state index contributed by atoms with van der Waals surface area (Å²) in [5.74, 6) is 0.657. The summed E-state index contributed by atoms with van der Waals surface area (Å²) in [6.45, 7) is 1.08. The molecule has 1 saturated carbocycles.